The molecule has 1 N–H and O–H groups in total. The number of hydrogen-bond acceptors (Lipinski definition) is 3. The lowest BCUT2D eigenvalue weighted by molar-refractivity contribution is 0.0439. The maximum atomic E-state index is 14.3. The first kappa shape index (κ1) is 16.2. The number of benzene rings is 1. The molecule has 0 spiro atoms. The third-order valence-corrected chi connectivity index (χ3v) is 3.89. The van der Waals surface area contributed by atoms with Crippen molar-refractivity contribution < 1.29 is 9.13 Å². The molecule has 1 aromatic rings. The van der Waals surface area contributed by atoms with E-state index >= 15 is 0 Å². The highest BCUT2D eigenvalue weighted by molar-refractivity contribution is 5.55. The van der Waals surface area contributed by atoms with Gasteiger partial charge in [0.15, 0.2) is 0 Å². The summed E-state index contributed by atoms with van der Waals surface area (Å²) in [6, 6.07) is 5.36. The van der Waals surface area contributed by atoms with Gasteiger partial charge in [-0.2, -0.15) is 0 Å². The van der Waals surface area contributed by atoms with Gasteiger partial charge in [0.25, 0.3) is 0 Å². The third-order valence-electron chi connectivity index (χ3n) is 3.89. The van der Waals surface area contributed by atoms with Gasteiger partial charge in [0.1, 0.15) is 5.82 Å². The molecule has 0 aromatic heterocycles. The second-order valence-electron chi connectivity index (χ2n) is 5.61. The Bertz CT molecular complexity index is 439. The topological polar surface area (TPSA) is 24.5 Å². The van der Waals surface area contributed by atoms with E-state index in [2.05, 4.69) is 24.1 Å². The number of piperidine rings is 1. The quantitative estimate of drug-likeness (QED) is 0.835. The van der Waals surface area contributed by atoms with E-state index < -0.39 is 0 Å². The average molecular weight is 294 g/mol. The van der Waals surface area contributed by atoms with Crippen molar-refractivity contribution in [3.63, 3.8) is 0 Å². The molecule has 0 amide bonds. The number of rotatable bonds is 7. The Hall–Kier alpha value is -1.13. The van der Waals surface area contributed by atoms with E-state index in [1.807, 2.05) is 6.07 Å². The van der Waals surface area contributed by atoms with Crippen molar-refractivity contribution >= 4 is 5.69 Å². The molecule has 1 unspecified atom stereocenters. The highest BCUT2D eigenvalue weighted by Crippen LogP contribution is 2.28. The minimum absolute atomic E-state index is 0.124. The molecule has 4 heteroatoms. The SMILES string of the molecule is CCCOC1CCCN(c2c(F)cccc2CNCC)C1. The van der Waals surface area contributed by atoms with E-state index in [1.165, 1.54) is 0 Å². The number of anilines is 1. The van der Waals surface area contributed by atoms with Gasteiger partial charge in [-0.3, -0.25) is 0 Å². The molecule has 3 nitrogen and oxygen atoms in total. The largest absolute Gasteiger partial charge is 0.376 e. The highest BCUT2D eigenvalue weighted by Gasteiger charge is 2.24. The fraction of sp³-hybridized carbons (Fsp3) is 0.647. The molecule has 0 aliphatic carbocycles. The number of nitrogens with zero attached hydrogens (tertiary/aromatic N) is 1. The minimum atomic E-state index is -0.124. The second-order valence-corrected chi connectivity index (χ2v) is 5.61. The van der Waals surface area contributed by atoms with Crippen LogP contribution in [0.2, 0.25) is 0 Å². The van der Waals surface area contributed by atoms with E-state index in [4.69, 9.17) is 4.74 Å². The minimum Gasteiger partial charge on any atom is -0.376 e. The fourth-order valence-electron chi connectivity index (χ4n) is 2.88. The predicted molar refractivity (Wildman–Crippen MR) is 85.3 cm³/mol. The van der Waals surface area contributed by atoms with E-state index in [9.17, 15) is 4.39 Å². The van der Waals surface area contributed by atoms with Crippen LogP contribution in [0.1, 0.15) is 38.7 Å². The van der Waals surface area contributed by atoms with Crippen molar-refractivity contribution in [2.45, 2.75) is 45.8 Å². The van der Waals surface area contributed by atoms with Gasteiger partial charge < -0.3 is 15.0 Å². The van der Waals surface area contributed by atoms with Gasteiger partial charge in [-0.25, -0.2) is 4.39 Å². The zero-order valence-corrected chi connectivity index (χ0v) is 13.2. The van der Waals surface area contributed by atoms with Crippen LogP contribution in [0.25, 0.3) is 0 Å². The van der Waals surface area contributed by atoms with Crippen molar-refractivity contribution in [1.82, 2.24) is 5.32 Å². The smallest absolute Gasteiger partial charge is 0.146 e. The molecule has 1 aliphatic heterocycles. The number of halogens is 1. The first-order valence-corrected chi connectivity index (χ1v) is 8.10. The second kappa shape index (κ2) is 8.35. The summed E-state index contributed by atoms with van der Waals surface area (Å²) in [5.74, 6) is -0.124. The van der Waals surface area contributed by atoms with Crippen molar-refractivity contribution in [1.29, 1.82) is 0 Å². The van der Waals surface area contributed by atoms with E-state index in [1.54, 1.807) is 12.1 Å². The molecule has 1 saturated heterocycles. The monoisotopic (exact) mass is 294 g/mol. The molecule has 1 aromatic carbocycles. The number of para-hydroxylation sites is 1. The predicted octanol–water partition coefficient (Wildman–Crippen LogP) is 3.33. The summed E-state index contributed by atoms with van der Waals surface area (Å²) in [7, 11) is 0. The Labute approximate surface area is 127 Å². The lowest BCUT2D eigenvalue weighted by Crippen LogP contribution is -2.41. The Morgan fingerprint density at radius 1 is 1.38 bits per heavy atom. The standard InChI is InChI=1S/C17H27FN2O/c1-3-11-21-15-8-6-10-20(13-15)17-14(12-19-4-2)7-5-9-16(17)18/h5,7,9,15,19H,3-4,6,8,10-13H2,1-2H3. The molecule has 0 radical (unpaired) electrons. The van der Waals surface area contributed by atoms with Crippen LogP contribution in [0.4, 0.5) is 10.1 Å². The maximum Gasteiger partial charge on any atom is 0.146 e. The Balaban J connectivity index is 2.12. The van der Waals surface area contributed by atoms with Crippen LogP contribution in [0, 0.1) is 5.82 Å². The van der Waals surface area contributed by atoms with Crippen LogP contribution in [0.3, 0.4) is 0 Å². The first-order valence-electron chi connectivity index (χ1n) is 8.10. The third kappa shape index (κ3) is 4.42. The fourth-order valence-corrected chi connectivity index (χ4v) is 2.88. The normalized spacial score (nSPS) is 19.0. The van der Waals surface area contributed by atoms with Gasteiger partial charge in [-0.15, -0.1) is 0 Å². The van der Waals surface area contributed by atoms with Gasteiger partial charge in [-0.1, -0.05) is 26.0 Å². The van der Waals surface area contributed by atoms with Crippen LogP contribution >= 0.6 is 0 Å². The maximum absolute atomic E-state index is 14.3. The summed E-state index contributed by atoms with van der Waals surface area (Å²) in [5, 5.41) is 3.29. The summed E-state index contributed by atoms with van der Waals surface area (Å²) in [4.78, 5) is 2.16. The Morgan fingerprint density at radius 2 is 2.24 bits per heavy atom. The molecule has 1 atom stereocenters. The summed E-state index contributed by atoms with van der Waals surface area (Å²) in [6.45, 7) is 8.27. The molecule has 21 heavy (non-hydrogen) atoms. The van der Waals surface area contributed by atoms with E-state index in [-0.39, 0.29) is 11.9 Å². The van der Waals surface area contributed by atoms with Crippen LogP contribution in [0.5, 0.6) is 0 Å². The Kier molecular flexibility index (Phi) is 6.46. The van der Waals surface area contributed by atoms with Gasteiger partial charge in [0.2, 0.25) is 0 Å². The molecule has 118 valence electrons. The molecule has 0 bridgehead atoms. The van der Waals surface area contributed by atoms with Gasteiger partial charge in [-0.05, 0) is 37.4 Å². The molecule has 1 fully saturated rings. The zero-order chi connectivity index (χ0) is 15.1. The van der Waals surface area contributed by atoms with Crippen molar-refractivity contribution in [2.75, 3.05) is 31.1 Å². The molecule has 1 aliphatic rings. The molecule has 0 saturated carbocycles. The number of hydrogen-bond donors (Lipinski definition) is 1. The summed E-state index contributed by atoms with van der Waals surface area (Å²) in [6.07, 6.45) is 3.39. The van der Waals surface area contributed by atoms with Crippen LogP contribution in [0.15, 0.2) is 18.2 Å². The highest BCUT2D eigenvalue weighted by atomic mass is 19.1. The summed E-state index contributed by atoms with van der Waals surface area (Å²) >= 11 is 0. The molecule has 2 rings (SSSR count). The first-order chi connectivity index (χ1) is 10.3. The molecule has 1 heterocycles. The zero-order valence-electron chi connectivity index (χ0n) is 13.2. The molecular formula is C17H27FN2O. The van der Waals surface area contributed by atoms with E-state index in [0.717, 1.165) is 56.8 Å². The van der Waals surface area contributed by atoms with Gasteiger partial charge in [0, 0.05) is 26.2 Å². The average Bonchev–Trinajstić information content (AvgIpc) is 2.51. The van der Waals surface area contributed by atoms with Crippen molar-refractivity contribution in [3.8, 4) is 0 Å². The van der Waals surface area contributed by atoms with Crippen LogP contribution in [-0.4, -0.2) is 32.3 Å². The lowest BCUT2D eigenvalue weighted by Gasteiger charge is -2.35. The van der Waals surface area contributed by atoms with Crippen LogP contribution in [-0.2, 0) is 11.3 Å². The van der Waals surface area contributed by atoms with E-state index in [0.29, 0.717) is 6.54 Å². The van der Waals surface area contributed by atoms with Gasteiger partial charge >= 0.3 is 0 Å². The number of ether oxygens (including phenoxy) is 1. The van der Waals surface area contributed by atoms with Crippen molar-refractivity contribution in [2.24, 2.45) is 0 Å². The summed E-state index contributed by atoms with van der Waals surface area (Å²) < 4.78 is 20.2. The molecular weight excluding hydrogens is 267 g/mol. The lowest BCUT2D eigenvalue weighted by atomic mass is 10.0. The van der Waals surface area contributed by atoms with Gasteiger partial charge in [0.05, 0.1) is 11.8 Å². The summed E-state index contributed by atoms with van der Waals surface area (Å²) in [5.41, 5.74) is 1.79. The van der Waals surface area contributed by atoms with Crippen LogP contribution < -0.4 is 10.2 Å². The Morgan fingerprint density at radius 3 is 3.00 bits per heavy atom. The van der Waals surface area contributed by atoms with Crippen molar-refractivity contribution in [3.05, 3.63) is 29.6 Å². The number of nitrogens with one attached hydrogen (secondary N) is 1.